The molecule has 2 heteroatoms. The first-order valence-corrected chi connectivity index (χ1v) is 4.50. The maximum absolute atomic E-state index is 5.36. The van der Waals surface area contributed by atoms with Crippen LogP contribution in [0.1, 0.15) is 19.8 Å². The van der Waals surface area contributed by atoms with Crippen molar-refractivity contribution in [3.63, 3.8) is 0 Å². The van der Waals surface area contributed by atoms with Crippen LogP contribution >= 0.6 is 0 Å². The lowest BCUT2D eigenvalue weighted by Crippen LogP contribution is -2.16. The summed E-state index contributed by atoms with van der Waals surface area (Å²) in [5.41, 5.74) is 6.45. The smallest absolute Gasteiger partial charge is 0.0138 e. The van der Waals surface area contributed by atoms with E-state index in [0.29, 0.717) is 0 Å². The molecule has 0 heterocycles. The molecule has 0 unspecified atom stereocenters. The van der Waals surface area contributed by atoms with Crippen LogP contribution in [0.2, 0.25) is 0 Å². The molecule has 0 aliphatic rings. The largest absolute Gasteiger partial charge is 0.330 e. The topological polar surface area (TPSA) is 38.0 Å². The van der Waals surface area contributed by atoms with Crippen molar-refractivity contribution in [1.29, 1.82) is 0 Å². The van der Waals surface area contributed by atoms with E-state index in [9.17, 15) is 0 Å². The minimum Gasteiger partial charge on any atom is -0.330 e. The molecule has 0 aliphatic carbocycles. The average Bonchev–Trinajstić information content (AvgIpc) is 2.02. The van der Waals surface area contributed by atoms with E-state index in [0.717, 1.165) is 38.0 Å². The second kappa shape index (κ2) is 8.50. The number of nitrogens with one attached hydrogen (secondary N) is 1. The van der Waals surface area contributed by atoms with Gasteiger partial charge < -0.3 is 11.1 Å². The van der Waals surface area contributed by atoms with E-state index in [1.807, 2.05) is 13.0 Å². The van der Waals surface area contributed by atoms with Crippen LogP contribution in [0, 0.1) is 0 Å². The van der Waals surface area contributed by atoms with Crippen LogP contribution in [-0.2, 0) is 0 Å². The molecule has 0 bridgehead atoms. The van der Waals surface area contributed by atoms with Gasteiger partial charge >= 0.3 is 0 Å². The summed E-state index contributed by atoms with van der Waals surface area (Å²) in [4.78, 5) is 0. The van der Waals surface area contributed by atoms with Gasteiger partial charge in [-0.2, -0.15) is 0 Å². The molecule has 3 N–H and O–H groups in total. The number of allylic oxidation sites excluding steroid dienone is 2. The Morgan fingerprint density at radius 1 is 1.50 bits per heavy atom. The molecule has 0 aromatic carbocycles. The maximum Gasteiger partial charge on any atom is 0.0138 e. The van der Waals surface area contributed by atoms with Crippen molar-refractivity contribution in [2.75, 3.05) is 19.6 Å². The lowest BCUT2D eigenvalue weighted by molar-refractivity contribution is 0.661. The molecule has 0 fully saturated rings. The Bertz CT molecular complexity index is 139. The highest BCUT2D eigenvalue weighted by atomic mass is 14.8. The monoisotopic (exact) mass is 168 g/mol. The second-order valence-electron chi connectivity index (χ2n) is 2.95. The van der Waals surface area contributed by atoms with Gasteiger partial charge in [0.25, 0.3) is 0 Å². The molecule has 0 rings (SSSR count). The third kappa shape index (κ3) is 9.40. The lowest BCUT2D eigenvalue weighted by Gasteiger charge is -1.99. The van der Waals surface area contributed by atoms with Crippen LogP contribution in [0.3, 0.4) is 0 Å². The summed E-state index contributed by atoms with van der Waals surface area (Å²) in [5.74, 6) is 0. The van der Waals surface area contributed by atoms with Gasteiger partial charge in [0.15, 0.2) is 0 Å². The molecular weight excluding hydrogens is 148 g/mol. The van der Waals surface area contributed by atoms with Gasteiger partial charge in [0.2, 0.25) is 0 Å². The van der Waals surface area contributed by atoms with E-state index in [2.05, 4.69) is 18.0 Å². The molecule has 0 atom stereocenters. The van der Waals surface area contributed by atoms with E-state index < -0.39 is 0 Å². The SMILES string of the molecule is C=C(C)/C=C/CNCCCCN. The fraction of sp³-hybridized carbons (Fsp3) is 0.600. The molecule has 70 valence electrons. The zero-order valence-electron chi connectivity index (χ0n) is 7.97. The quantitative estimate of drug-likeness (QED) is 0.446. The highest BCUT2D eigenvalue weighted by molar-refractivity contribution is 5.11. The minimum absolute atomic E-state index is 0.795. The van der Waals surface area contributed by atoms with Crippen LogP contribution in [0.4, 0.5) is 0 Å². The number of unbranched alkanes of at least 4 members (excludes halogenated alkanes) is 1. The summed E-state index contributed by atoms with van der Waals surface area (Å²) in [6, 6.07) is 0. The number of hydrogen-bond donors (Lipinski definition) is 2. The van der Waals surface area contributed by atoms with Gasteiger partial charge in [-0.15, -0.1) is 0 Å². The summed E-state index contributed by atoms with van der Waals surface area (Å²) in [7, 11) is 0. The Hall–Kier alpha value is -0.600. The highest BCUT2D eigenvalue weighted by Gasteiger charge is 1.83. The molecule has 0 aliphatic heterocycles. The molecule has 0 aromatic heterocycles. The van der Waals surface area contributed by atoms with Crippen molar-refractivity contribution in [2.24, 2.45) is 5.73 Å². The van der Waals surface area contributed by atoms with Gasteiger partial charge in [-0.05, 0) is 32.9 Å². The first-order chi connectivity index (χ1) is 5.77. The molecule has 0 saturated carbocycles. The summed E-state index contributed by atoms with van der Waals surface area (Å²) in [6.07, 6.45) is 6.38. The van der Waals surface area contributed by atoms with Crippen molar-refractivity contribution in [3.05, 3.63) is 24.3 Å². The molecule has 0 radical (unpaired) electrons. The first kappa shape index (κ1) is 11.4. The summed E-state index contributed by atoms with van der Waals surface area (Å²) < 4.78 is 0. The Balaban J connectivity index is 3.05. The van der Waals surface area contributed by atoms with Gasteiger partial charge in [0.05, 0.1) is 0 Å². The second-order valence-corrected chi connectivity index (χ2v) is 2.95. The summed E-state index contributed by atoms with van der Waals surface area (Å²) in [5, 5.41) is 3.29. The minimum atomic E-state index is 0.795. The van der Waals surface area contributed by atoms with E-state index in [1.165, 1.54) is 0 Å². The first-order valence-electron chi connectivity index (χ1n) is 4.50. The van der Waals surface area contributed by atoms with E-state index in [1.54, 1.807) is 0 Å². The fourth-order valence-corrected chi connectivity index (χ4v) is 0.840. The van der Waals surface area contributed by atoms with Crippen molar-refractivity contribution in [1.82, 2.24) is 5.32 Å². The van der Waals surface area contributed by atoms with Gasteiger partial charge in [-0.25, -0.2) is 0 Å². The number of nitrogens with two attached hydrogens (primary N) is 1. The van der Waals surface area contributed by atoms with E-state index in [-0.39, 0.29) is 0 Å². The van der Waals surface area contributed by atoms with Crippen LogP contribution in [0.25, 0.3) is 0 Å². The molecule has 2 nitrogen and oxygen atoms in total. The lowest BCUT2D eigenvalue weighted by atomic mass is 10.3. The molecule has 12 heavy (non-hydrogen) atoms. The highest BCUT2D eigenvalue weighted by Crippen LogP contribution is 1.87. The summed E-state index contributed by atoms with van der Waals surface area (Å²) in [6.45, 7) is 8.54. The molecule has 0 aromatic rings. The van der Waals surface area contributed by atoms with Gasteiger partial charge in [-0.3, -0.25) is 0 Å². The number of rotatable bonds is 7. The van der Waals surface area contributed by atoms with Crippen LogP contribution in [0.5, 0.6) is 0 Å². The fourth-order valence-electron chi connectivity index (χ4n) is 0.840. The Morgan fingerprint density at radius 2 is 2.25 bits per heavy atom. The van der Waals surface area contributed by atoms with Crippen molar-refractivity contribution >= 4 is 0 Å². The van der Waals surface area contributed by atoms with Crippen LogP contribution < -0.4 is 11.1 Å². The van der Waals surface area contributed by atoms with Gasteiger partial charge in [-0.1, -0.05) is 24.3 Å². The molecular formula is C10H20N2. The van der Waals surface area contributed by atoms with Crippen molar-refractivity contribution in [2.45, 2.75) is 19.8 Å². The van der Waals surface area contributed by atoms with Crippen LogP contribution in [-0.4, -0.2) is 19.6 Å². The Kier molecular flexibility index (Phi) is 8.07. The van der Waals surface area contributed by atoms with Crippen molar-refractivity contribution in [3.8, 4) is 0 Å². The van der Waals surface area contributed by atoms with E-state index in [4.69, 9.17) is 5.73 Å². The standard InChI is InChI=1S/C10H20N2/c1-10(2)6-5-9-12-8-4-3-7-11/h5-6,12H,1,3-4,7-9,11H2,2H3/b6-5+. The third-order valence-corrected chi connectivity index (χ3v) is 1.47. The molecule has 0 saturated heterocycles. The summed E-state index contributed by atoms with van der Waals surface area (Å²) >= 11 is 0. The van der Waals surface area contributed by atoms with Gasteiger partial charge in [0, 0.05) is 6.54 Å². The Labute approximate surface area is 75.5 Å². The zero-order chi connectivity index (χ0) is 9.23. The maximum atomic E-state index is 5.36. The zero-order valence-corrected chi connectivity index (χ0v) is 7.97. The number of hydrogen-bond acceptors (Lipinski definition) is 2. The molecule has 0 amide bonds. The van der Waals surface area contributed by atoms with Gasteiger partial charge in [0.1, 0.15) is 0 Å². The van der Waals surface area contributed by atoms with E-state index >= 15 is 0 Å². The normalized spacial score (nSPS) is 10.8. The molecule has 0 spiro atoms. The average molecular weight is 168 g/mol. The predicted octanol–water partition coefficient (Wildman–Crippen LogP) is 1.45. The predicted molar refractivity (Wildman–Crippen MR) is 55.1 cm³/mol. The Morgan fingerprint density at radius 3 is 2.83 bits per heavy atom. The third-order valence-electron chi connectivity index (χ3n) is 1.47. The van der Waals surface area contributed by atoms with Crippen molar-refractivity contribution < 1.29 is 0 Å². The van der Waals surface area contributed by atoms with Crippen LogP contribution in [0.15, 0.2) is 24.3 Å².